The quantitative estimate of drug-likeness (QED) is 0.317. The number of rotatable bonds is 10. The van der Waals surface area contributed by atoms with Gasteiger partial charge >= 0.3 is 12.0 Å². The molecule has 0 aromatic rings. The van der Waals surface area contributed by atoms with Gasteiger partial charge in [0.15, 0.2) is 0 Å². The molecule has 0 aliphatic rings. The first kappa shape index (κ1) is 16.4. The molecule has 0 heterocycles. The molecule has 6 heteroatoms. The second-order valence-electron chi connectivity index (χ2n) is 4.21. The van der Waals surface area contributed by atoms with Crippen LogP contribution < -0.4 is 11.2 Å². The van der Waals surface area contributed by atoms with Crippen molar-refractivity contribution >= 4 is 17.7 Å². The number of nitrogens with two attached hydrogens (primary N) is 1. The van der Waals surface area contributed by atoms with Crippen LogP contribution >= 0.6 is 0 Å². The first-order valence-electron chi connectivity index (χ1n) is 6.39. The third-order valence-electron chi connectivity index (χ3n) is 2.50. The topological polar surface area (TPSA) is 105 Å². The number of nitrogens with zero attached hydrogens (tertiary/aromatic N) is 1. The van der Waals surface area contributed by atoms with Gasteiger partial charge in [0.2, 0.25) is 0 Å². The minimum atomic E-state index is -0.759. The van der Waals surface area contributed by atoms with E-state index in [-0.39, 0.29) is 6.42 Å². The van der Waals surface area contributed by atoms with Crippen molar-refractivity contribution in [3.8, 4) is 0 Å². The van der Waals surface area contributed by atoms with Crippen LogP contribution in [0, 0.1) is 0 Å². The highest BCUT2D eigenvalue weighted by Crippen LogP contribution is 2.08. The Kier molecular flexibility index (Phi) is 9.62. The smallest absolute Gasteiger partial charge is 0.332 e. The molecule has 0 saturated carbocycles. The second kappa shape index (κ2) is 10.6. The van der Waals surface area contributed by atoms with Crippen LogP contribution in [-0.2, 0) is 4.79 Å². The summed E-state index contributed by atoms with van der Waals surface area (Å²) < 4.78 is 0. The van der Waals surface area contributed by atoms with Crippen molar-refractivity contribution in [2.45, 2.75) is 58.3 Å². The number of unbranched alkanes of at least 4 members (excludes halogenated alkanes) is 3. The highest BCUT2D eigenvalue weighted by atomic mass is 16.4. The average Bonchev–Trinajstić information content (AvgIpc) is 2.30. The van der Waals surface area contributed by atoms with E-state index in [2.05, 4.69) is 17.5 Å². The van der Waals surface area contributed by atoms with Crippen molar-refractivity contribution in [3.63, 3.8) is 0 Å². The predicted octanol–water partition coefficient (Wildman–Crippen LogP) is 2.24. The zero-order valence-corrected chi connectivity index (χ0v) is 10.9. The van der Waals surface area contributed by atoms with Crippen molar-refractivity contribution in [2.75, 3.05) is 0 Å². The number of aliphatic carboxylic acids is 1. The third-order valence-corrected chi connectivity index (χ3v) is 2.50. The van der Waals surface area contributed by atoms with Crippen LogP contribution in [0.5, 0.6) is 0 Å². The summed E-state index contributed by atoms with van der Waals surface area (Å²) in [6, 6.07) is -0.658. The monoisotopic (exact) mass is 257 g/mol. The molecule has 18 heavy (non-hydrogen) atoms. The van der Waals surface area contributed by atoms with Crippen molar-refractivity contribution in [3.05, 3.63) is 0 Å². The largest absolute Gasteiger partial charge is 0.481 e. The van der Waals surface area contributed by atoms with Crippen LogP contribution in [0.25, 0.3) is 0 Å². The van der Waals surface area contributed by atoms with Crippen LogP contribution in [-0.4, -0.2) is 22.8 Å². The number of carbonyl (C=O) groups is 2. The molecular weight excluding hydrogens is 234 g/mol. The molecule has 0 bridgehead atoms. The molecule has 0 unspecified atom stereocenters. The van der Waals surface area contributed by atoms with Gasteiger partial charge in [-0.3, -0.25) is 4.79 Å². The molecule has 0 aromatic heterocycles. The average molecular weight is 257 g/mol. The van der Waals surface area contributed by atoms with E-state index in [1.54, 1.807) is 0 Å². The van der Waals surface area contributed by atoms with E-state index in [1.807, 2.05) is 0 Å². The fraction of sp³-hybridized carbons (Fsp3) is 0.750. The van der Waals surface area contributed by atoms with Gasteiger partial charge in [-0.05, 0) is 32.1 Å². The molecule has 0 saturated heterocycles. The zero-order chi connectivity index (χ0) is 13.8. The van der Waals surface area contributed by atoms with E-state index >= 15 is 0 Å². The van der Waals surface area contributed by atoms with Gasteiger partial charge in [0.25, 0.3) is 0 Å². The minimum absolute atomic E-state index is 0.209. The summed E-state index contributed by atoms with van der Waals surface area (Å²) in [6.07, 6.45) is 6.34. The number of urea groups is 1. The van der Waals surface area contributed by atoms with Crippen LogP contribution in [0.1, 0.15) is 58.3 Å². The summed E-state index contributed by atoms with van der Waals surface area (Å²) in [7, 11) is 0. The molecule has 0 aliphatic heterocycles. The number of hydrazone groups is 1. The van der Waals surface area contributed by atoms with E-state index in [1.165, 1.54) is 0 Å². The Labute approximate surface area is 108 Å². The standard InChI is InChI=1S/C12H23N3O3/c1-2-3-7-10(14-15-12(13)18)8-5-4-6-9-11(16)17/h2-9H2,1H3,(H,16,17)(H3,13,15,18). The Balaban J connectivity index is 3.89. The molecule has 0 atom stereocenters. The molecule has 6 nitrogen and oxygen atoms in total. The molecule has 0 aromatic carbocycles. The van der Waals surface area contributed by atoms with Gasteiger partial charge in [-0.1, -0.05) is 19.8 Å². The second-order valence-corrected chi connectivity index (χ2v) is 4.21. The van der Waals surface area contributed by atoms with Gasteiger partial charge in [0, 0.05) is 12.1 Å². The Bertz CT molecular complexity index is 290. The number of amides is 2. The maximum atomic E-state index is 10.6. The number of nitrogens with one attached hydrogen (secondary N) is 1. The minimum Gasteiger partial charge on any atom is -0.481 e. The van der Waals surface area contributed by atoms with Gasteiger partial charge in [0.1, 0.15) is 0 Å². The number of carboxylic acid groups (broad SMARTS) is 1. The van der Waals surface area contributed by atoms with Crippen molar-refractivity contribution in [1.82, 2.24) is 5.43 Å². The van der Waals surface area contributed by atoms with Crippen molar-refractivity contribution < 1.29 is 14.7 Å². The summed E-state index contributed by atoms with van der Waals surface area (Å²) >= 11 is 0. The summed E-state index contributed by atoms with van der Waals surface area (Å²) in [5, 5.41) is 12.5. The summed E-state index contributed by atoms with van der Waals surface area (Å²) in [5.41, 5.74) is 8.13. The number of hydrogen-bond acceptors (Lipinski definition) is 3. The lowest BCUT2D eigenvalue weighted by atomic mass is 10.1. The number of carboxylic acids is 1. The summed E-state index contributed by atoms with van der Waals surface area (Å²) in [4.78, 5) is 20.9. The maximum absolute atomic E-state index is 10.6. The van der Waals surface area contributed by atoms with Crippen LogP contribution in [0.4, 0.5) is 4.79 Å². The fourth-order valence-electron chi connectivity index (χ4n) is 1.53. The Morgan fingerprint density at radius 1 is 1.11 bits per heavy atom. The molecule has 0 rings (SSSR count). The van der Waals surface area contributed by atoms with E-state index in [9.17, 15) is 9.59 Å². The number of primary amides is 1. The molecule has 0 fully saturated rings. The van der Waals surface area contributed by atoms with Gasteiger partial charge in [-0.15, -0.1) is 0 Å². The first-order chi connectivity index (χ1) is 8.56. The van der Waals surface area contributed by atoms with Gasteiger partial charge < -0.3 is 10.8 Å². The van der Waals surface area contributed by atoms with Gasteiger partial charge in [-0.25, -0.2) is 10.2 Å². The molecule has 104 valence electrons. The Hall–Kier alpha value is -1.59. The normalized spacial score (nSPS) is 11.3. The van der Waals surface area contributed by atoms with Gasteiger partial charge in [-0.2, -0.15) is 5.10 Å². The van der Waals surface area contributed by atoms with Crippen LogP contribution in [0.15, 0.2) is 5.10 Å². The van der Waals surface area contributed by atoms with E-state index in [0.717, 1.165) is 44.2 Å². The van der Waals surface area contributed by atoms with E-state index in [0.29, 0.717) is 6.42 Å². The third kappa shape index (κ3) is 10.9. The molecular formula is C12H23N3O3. The van der Waals surface area contributed by atoms with E-state index in [4.69, 9.17) is 10.8 Å². The SMILES string of the molecule is CCCCC(CCCCCC(=O)O)=NNC(N)=O. The first-order valence-corrected chi connectivity index (χ1v) is 6.39. The Morgan fingerprint density at radius 2 is 1.72 bits per heavy atom. The summed E-state index contributed by atoms with van der Waals surface area (Å²) in [6.45, 7) is 2.09. The highest BCUT2D eigenvalue weighted by Gasteiger charge is 2.02. The Morgan fingerprint density at radius 3 is 2.28 bits per heavy atom. The summed E-state index contributed by atoms with van der Waals surface area (Å²) in [5.74, 6) is -0.759. The molecule has 4 N–H and O–H groups in total. The lowest BCUT2D eigenvalue weighted by Gasteiger charge is -2.05. The molecule has 0 aliphatic carbocycles. The fourth-order valence-corrected chi connectivity index (χ4v) is 1.53. The van der Waals surface area contributed by atoms with Crippen molar-refractivity contribution in [1.29, 1.82) is 0 Å². The lowest BCUT2D eigenvalue weighted by molar-refractivity contribution is -0.137. The van der Waals surface area contributed by atoms with Crippen LogP contribution in [0.3, 0.4) is 0 Å². The number of hydrogen-bond donors (Lipinski definition) is 3. The lowest BCUT2D eigenvalue weighted by Crippen LogP contribution is -2.25. The van der Waals surface area contributed by atoms with Gasteiger partial charge in [0.05, 0.1) is 0 Å². The van der Waals surface area contributed by atoms with E-state index < -0.39 is 12.0 Å². The predicted molar refractivity (Wildman–Crippen MR) is 70.4 cm³/mol. The molecule has 0 radical (unpaired) electrons. The zero-order valence-electron chi connectivity index (χ0n) is 10.9. The van der Waals surface area contributed by atoms with Crippen molar-refractivity contribution in [2.24, 2.45) is 10.8 Å². The molecule has 2 amide bonds. The molecule has 0 spiro atoms. The van der Waals surface area contributed by atoms with Crippen LogP contribution in [0.2, 0.25) is 0 Å². The number of carbonyl (C=O) groups excluding carboxylic acids is 1. The highest BCUT2D eigenvalue weighted by molar-refractivity contribution is 5.85. The maximum Gasteiger partial charge on any atom is 0.332 e.